The predicted octanol–water partition coefficient (Wildman–Crippen LogP) is 7.26. The molecule has 12 heteroatoms. The van der Waals surface area contributed by atoms with Crippen LogP contribution in [0.1, 0.15) is 45.7 Å². The molecule has 0 aliphatic carbocycles. The fourth-order valence-electron chi connectivity index (χ4n) is 5.96. The molecule has 0 heterocycles. The third kappa shape index (κ3) is 13.3. The zero-order valence-corrected chi connectivity index (χ0v) is 33.6. The molecular weight excluding hydrogens is 720 g/mol. The van der Waals surface area contributed by atoms with E-state index in [1.807, 2.05) is 38.1 Å². The first kappa shape index (κ1) is 44.2. The van der Waals surface area contributed by atoms with Crippen LogP contribution in [0, 0.1) is 13.8 Å². The summed E-state index contributed by atoms with van der Waals surface area (Å²) in [6, 6.07) is 19.6. The Morgan fingerprint density at radius 3 is 1.18 bits per heavy atom. The van der Waals surface area contributed by atoms with Crippen molar-refractivity contribution in [1.82, 2.24) is 0 Å². The molecule has 56 heavy (non-hydrogen) atoms. The van der Waals surface area contributed by atoms with Gasteiger partial charge in [0.05, 0.1) is 79.3 Å². The summed E-state index contributed by atoms with van der Waals surface area (Å²) in [5.41, 5.74) is 6.23. The fraction of sp³-hybridized carbons (Fsp3) is 0.455. The van der Waals surface area contributed by atoms with Gasteiger partial charge in [0.25, 0.3) is 0 Å². The Balaban J connectivity index is 1.60. The van der Waals surface area contributed by atoms with Gasteiger partial charge < -0.3 is 47.4 Å². The van der Waals surface area contributed by atoms with Crippen molar-refractivity contribution in [3.05, 3.63) is 82.9 Å². The van der Waals surface area contributed by atoms with E-state index in [1.165, 1.54) is 0 Å². The molecular formula is C44H56O12. The van der Waals surface area contributed by atoms with Gasteiger partial charge in [0.1, 0.15) is 35.8 Å². The number of hydrogen-bond donors (Lipinski definition) is 0. The minimum atomic E-state index is -0.474. The van der Waals surface area contributed by atoms with Gasteiger partial charge in [0.15, 0.2) is 0 Å². The van der Waals surface area contributed by atoms with E-state index in [0.29, 0.717) is 88.7 Å². The molecule has 0 radical (unpaired) electrons. The minimum Gasteiger partial charge on any atom is -0.490 e. The number of rotatable bonds is 26. The zero-order chi connectivity index (χ0) is 40.1. The van der Waals surface area contributed by atoms with Gasteiger partial charge in [-0.15, -0.1) is 0 Å². The first-order chi connectivity index (χ1) is 27.3. The molecule has 0 aliphatic heterocycles. The second kappa shape index (κ2) is 24.2. The Morgan fingerprint density at radius 1 is 0.464 bits per heavy atom. The summed E-state index contributed by atoms with van der Waals surface area (Å²) < 4.78 is 54.9. The van der Waals surface area contributed by atoms with Crippen LogP contribution in [-0.4, -0.2) is 119 Å². The maximum atomic E-state index is 13.2. The highest BCUT2D eigenvalue weighted by molar-refractivity contribution is 6.07. The molecule has 4 aromatic carbocycles. The van der Waals surface area contributed by atoms with E-state index in [2.05, 4.69) is 24.3 Å². The van der Waals surface area contributed by atoms with E-state index < -0.39 is 11.9 Å². The second-order valence-electron chi connectivity index (χ2n) is 12.7. The monoisotopic (exact) mass is 776 g/mol. The predicted molar refractivity (Wildman–Crippen MR) is 214 cm³/mol. The summed E-state index contributed by atoms with van der Waals surface area (Å²) in [5.74, 6) is -0.127. The summed E-state index contributed by atoms with van der Waals surface area (Å²) in [4.78, 5) is 26.5. The molecule has 304 valence electrons. The third-order valence-corrected chi connectivity index (χ3v) is 8.51. The van der Waals surface area contributed by atoms with Crippen LogP contribution in [0.3, 0.4) is 0 Å². The van der Waals surface area contributed by atoms with Crippen molar-refractivity contribution in [2.75, 3.05) is 107 Å². The van der Waals surface area contributed by atoms with Crippen LogP contribution >= 0.6 is 0 Å². The van der Waals surface area contributed by atoms with Gasteiger partial charge in [-0.2, -0.15) is 0 Å². The van der Waals surface area contributed by atoms with E-state index in [0.717, 1.165) is 44.2 Å². The molecule has 0 saturated carbocycles. The third-order valence-electron chi connectivity index (χ3n) is 8.51. The number of benzene rings is 4. The Hall–Kier alpha value is -4.56. The summed E-state index contributed by atoms with van der Waals surface area (Å²) in [6.45, 7) is 13.0. The van der Waals surface area contributed by atoms with E-state index in [4.69, 9.17) is 47.4 Å². The molecule has 12 nitrogen and oxygen atoms in total. The van der Waals surface area contributed by atoms with Gasteiger partial charge in [-0.3, -0.25) is 0 Å². The SMILES string of the molecule is CCOC(=O)c1cc(-c2cc(C)cc3c(-c4ccc(OCCOCCOCCOC)c(C(=O)OCC)c4)cc(C)cc23)ccc1OCCOCCOCCOC. The van der Waals surface area contributed by atoms with Gasteiger partial charge in [-0.1, -0.05) is 36.4 Å². The number of aryl methyl sites for hydroxylation is 2. The molecule has 0 atom stereocenters. The standard InChI is InChI=1S/C44H56O12/c1-7-53-43(45)39-29-33(9-11-41(39)55-23-21-51-19-17-49-15-13-47-5)35-25-31(3)28-38-36(26-32(4)27-37(35)38)34-10-12-42(40(30-34)44(46)54-8-2)56-24-22-52-20-18-50-16-14-48-6/h9-12,25-30H,7-8,13-24H2,1-6H3. The topological polar surface area (TPSA) is 126 Å². The van der Waals surface area contributed by atoms with Crippen molar-refractivity contribution in [2.24, 2.45) is 0 Å². The van der Waals surface area contributed by atoms with Crippen LogP contribution in [0.5, 0.6) is 11.5 Å². The van der Waals surface area contributed by atoms with Crippen molar-refractivity contribution in [3.8, 4) is 33.8 Å². The van der Waals surface area contributed by atoms with E-state index >= 15 is 0 Å². The lowest BCUT2D eigenvalue weighted by Gasteiger charge is -2.17. The molecule has 0 fully saturated rings. The van der Waals surface area contributed by atoms with E-state index in [-0.39, 0.29) is 26.4 Å². The van der Waals surface area contributed by atoms with Crippen LogP contribution in [-0.2, 0) is 37.9 Å². The van der Waals surface area contributed by atoms with Crippen molar-refractivity contribution in [1.29, 1.82) is 0 Å². The molecule has 4 aromatic rings. The van der Waals surface area contributed by atoms with Crippen LogP contribution in [0.15, 0.2) is 60.7 Å². The number of methoxy groups -OCH3 is 2. The van der Waals surface area contributed by atoms with E-state index in [1.54, 1.807) is 40.2 Å². The number of fused-ring (bicyclic) bond motifs is 1. The molecule has 0 saturated heterocycles. The zero-order valence-electron chi connectivity index (χ0n) is 33.6. The molecule has 0 amide bonds. The summed E-state index contributed by atoms with van der Waals surface area (Å²) in [7, 11) is 3.25. The molecule has 0 unspecified atom stereocenters. The second-order valence-corrected chi connectivity index (χ2v) is 12.7. The summed E-state index contributed by atoms with van der Waals surface area (Å²) in [5, 5.41) is 1.97. The lowest BCUT2D eigenvalue weighted by Crippen LogP contribution is -2.14. The molecule has 4 rings (SSSR count). The van der Waals surface area contributed by atoms with Crippen molar-refractivity contribution >= 4 is 22.7 Å². The highest BCUT2D eigenvalue weighted by Gasteiger charge is 2.20. The summed E-state index contributed by atoms with van der Waals surface area (Å²) >= 11 is 0. The number of carbonyl (C=O) groups is 2. The Kier molecular flexibility index (Phi) is 19.0. The quantitative estimate of drug-likeness (QED) is 0.0471. The lowest BCUT2D eigenvalue weighted by molar-refractivity contribution is 0.0177. The van der Waals surface area contributed by atoms with Gasteiger partial charge >= 0.3 is 11.9 Å². The normalized spacial score (nSPS) is 11.2. The Labute approximate surface area is 330 Å². The maximum absolute atomic E-state index is 13.2. The van der Waals surface area contributed by atoms with Crippen molar-refractivity contribution in [3.63, 3.8) is 0 Å². The van der Waals surface area contributed by atoms with Gasteiger partial charge in [-0.25, -0.2) is 9.59 Å². The molecule has 0 N–H and O–H groups in total. The number of hydrogen-bond acceptors (Lipinski definition) is 12. The average molecular weight is 777 g/mol. The van der Waals surface area contributed by atoms with Crippen LogP contribution in [0.25, 0.3) is 33.0 Å². The number of esters is 2. The van der Waals surface area contributed by atoms with Crippen LogP contribution < -0.4 is 9.47 Å². The Bertz CT molecular complexity index is 1710. The molecule has 0 spiro atoms. The van der Waals surface area contributed by atoms with Crippen LogP contribution in [0.4, 0.5) is 0 Å². The number of carbonyl (C=O) groups excluding carboxylic acids is 2. The highest BCUT2D eigenvalue weighted by Crippen LogP contribution is 2.39. The van der Waals surface area contributed by atoms with Crippen LogP contribution in [0.2, 0.25) is 0 Å². The van der Waals surface area contributed by atoms with Crippen molar-refractivity contribution in [2.45, 2.75) is 27.7 Å². The molecule has 0 aromatic heterocycles. The minimum absolute atomic E-state index is 0.223. The molecule has 0 aliphatic rings. The average Bonchev–Trinajstić information content (AvgIpc) is 3.19. The van der Waals surface area contributed by atoms with Gasteiger partial charge in [0, 0.05) is 14.2 Å². The molecule has 0 bridgehead atoms. The maximum Gasteiger partial charge on any atom is 0.341 e. The van der Waals surface area contributed by atoms with E-state index in [9.17, 15) is 9.59 Å². The lowest BCUT2D eigenvalue weighted by atomic mass is 9.89. The van der Waals surface area contributed by atoms with Crippen molar-refractivity contribution < 1.29 is 57.0 Å². The highest BCUT2D eigenvalue weighted by atomic mass is 16.6. The van der Waals surface area contributed by atoms with Gasteiger partial charge in [-0.05, 0) is 96.1 Å². The first-order valence-corrected chi connectivity index (χ1v) is 19.0. The smallest absolute Gasteiger partial charge is 0.341 e. The summed E-state index contributed by atoms with van der Waals surface area (Å²) in [6.07, 6.45) is 0. The Morgan fingerprint density at radius 2 is 0.821 bits per heavy atom. The first-order valence-electron chi connectivity index (χ1n) is 19.0. The fourth-order valence-corrected chi connectivity index (χ4v) is 5.96. The largest absolute Gasteiger partial charge is 0.490 e. The number of ether oxygens (including phenoxy) is 10. The van der Waals surface area contributed by atoms with Gasteiger partial charge in [0.2, 0.25) is 0 Å².